The summed E-state index contributed by atoms with van der Waals surface area (Å²) in [4.78, 5) is 41.6. The molecule has 15 nitrogen and oxygen atoms in total. The molecular weight excluding hydrogens is 665 g/mol. The van der Waals surface area contributed by atoms with Crippen LogP contribution >= 0.6 is 0 Å². The molecule has 0 bridgehead atoms. The molecule has 3 aromatic heterocycles. The molecule has 266 valence electrons. The monoisotopic (exact) mass is 708 g/mol. The number of hydrogen-bond acceptors (Lipinski definition) is 11. The van der Waals surface area contributed by atoms with E-state index in [4.69, 9.17) is 9.84 Å². The number of benzene rings is 2. The molecule has 0 spiro atoms. The van der Waals surface area contributed by atoms with Crippen LogP contribution in [0.3, 0.4) is 0 Å². The highest BCUT2D eigenvalue weighted by Crippen LogP contribution is 2.29. The molecule has 2 aliphatic heterocycles. The van der Waals surface area contributed by atoms with E-state index >= 15 is 0 Å². The van der Waals surface area contributed by atoms with Crippen molar-refractivity contribution >= 4 is 42.2 Å². The zero-order valence-electron chi connectivity index (χ0n) is 29.3. The Labute approximate surface area is 297 Å². The number of likely N-dealkylation sites (tertiary alicyclic amines) is 1. The number of amides is 2. The van der Waals surface area contributed by atoms with E-state index in [1.807, 2.05) is 35.2 Å². The van der Waals surface area contributed by atoms with Gasteiger partial charge in [-0.2, -0.15) is 10.3 Å². The molecule has 2 aromatic carbocycles. The summed E-state index contributed by atoms with van der Waals surface area (Å²) in [7, 11) is -1.22. The highest BCUT2D eigenvalue weighted by molar-refractivity contribution is 6.76. The minimum Gasteiger partial charge on any atom is -0.368 e. The Hall–Kier alpha value is -5.06. The normalized spacial score (nSPS) is 17.0. The number of nitrogens with zero attached hydrogens (tertiary/aromatic N) is 10. The number of tetrazole rings is 1. The van der Waals surface area contributed by atoms with Gasteiger partial charge in [-0.25, -0.2) is 14.6 Å². The predicted octanol–water partition coefficient (Wildman–Crippen LogP) is 3.59. The van der Waals surface area contributed by atoms with Crippen LogP contribution < -0.4 is 10.2 Å². The SMILES string of the molecule is C[Si](C)(C)CCOCn1nc(-c2nn[nH]n2)c2cc(NC(=O)C3CCN(CC(=O)N4CCN(c5ccc(-c6ncccn6)cc5)CC4)C3)ccc21. The lowest BCUT2D eigenvalue weighted by molar-refractivity contribution is -0.132. The van der Waals surface area contributed by atoms with Gasteiger partial charge in [-0.15, -0.1) is 10.2 Å². The first-order valence-electron chi connectivity index (χ1n) is 17.5. The van der Waals surface area contributed by atoms with Crippen molar-refractivity contribution in [3.8, 4) is 22.9 Å². The van der Waals surface area contributed by atoms with Crippen LogP contribution in [0.25, 0.3) is 33.8 Å². The Bertz CT molecular complexity index is 1940. The maximum Gasteiger partial charge on any atom is 0.236 e. The van der Waals surface area contributed by atoms with Gasteiger partial charge in [0.05, 0.1) is 18.0 Å². The smallest absolute Gasteiger partial charge is 0.236 e. The standard InChI is InChI=1S/C35H44N12O3Si/c1-51(2,3)20-19-50-24-47-30-10-7-27(21-29(30)32(41-47)34-39-42-43-40-34)38-35(49)26-11-14-44(22-26)23-31(48)46-17-15-45(16-18-46)28-8-5-25(6-9-28)33-36-12-4-13-37-33/h4-10,12-13,21,26H,11,14-20,22-24H2,1-3H3,(H,38,49)(H,39,40,42,43). The molecule has 0 saturated carbocycles. The number of carbonyl (C=O) groups is 2. The van der Waals surface area contributed by atoms with Gasteiger partial charge < -0.3 is 19.9 Å². The number of rotatable bonds is 12. The summed E-state index contributed by atoms with van der Waals surface area (Å²) < 4.78 is 7.77. The fourth-order valence-electron chi connectivity index (χ4n) is 6.52. The van der Waals surface area contributed by atoms with Crippen molar-refractivity contribution < 1.29 is 14.3 Å². The lowest BCUT2D eigenvalue weighted by atomic mass is 10.1. The van der Waals surface area contributed by atoms with Gasteiger partial charge in [0.25, 0.3) is 0 Å². The molecule has 1 unspecified atom stereocenters. The lowest BCUT2D eigenvalue weighted by Gasteiger charge is -2.36. The molecule has 7 rings (SSSR count). The fraction of sp³-hybridized carbons (Fsp3) is 0.429. The Kier molecular flexibility index (Phi) is 10.1. The van der Waals surface area contributed by atoms with Gasteiger partial charge in [0, 0.05) is 82.1 Å². The average Bonchev–Trinajstić information content (AvgIpc) is 3.91. The van der Waals surface area contributed by atoms with Crippen molar-refractivity contribution in [1.82, 2.24) is 50.2 Å². The highest BCUT2D eigenvalue weighted by atomic mass is 28.3. The van der Waals surface area contributed by atoms with Crippen molar-refractivity contribution in [1.29, 1.82) is 0 Å². The number of aromatic nitrogens is 8. The minimum atomic E-state index is -1.22. The molecular formula is C35H44N12O3Si. The summed E-state index contributed by atoms with van der Waals surface area (Å²) in [6.45, 7) is 12.3. The molecule has 0 radical (unpaired) electrons. The van der Waals surface area contributed by atoms with E-state index in [1.165, 1.54) is 0 Å². The van der Waals surface area contributed by atoms with Gasteiger partial charge in [-0.1, -0.05) is 19.6 Å². The third-order valence-electron chi connectivity index (χ3n) is 9.48. The van der Waals surface area contributed by atoms with Crippen LogP contribution in [0.2, 0.25) is 25.7 Å². The number of piperazine rings is 1. The second-order valence-electron chi connectivity index (χ2n) is 14.4. The van der Waals surface area contributed by atoms with Crippen molar-refractivity contribution in [2.75, 3.05) is 62.6 Å². The maximum atomic E-state index is 13.4. The van der Waals surface area contributed by atoms with E-state index < -0.39 is 8.07 Å². The van der Waals surface area contributed by atoms with E-state index in [2.05, 4.69) is 77.5 Å². The second kappa shape index (κ2) is 15.0. The number of fused-ring (bicyclic) bond motifs is 1. The molecule has 51 heavy (non-hydrogen) atoms. The summed E-state index contributed by atoms with van der Waals surface area (Å²) >= 11 is 0. The number of aromatic amines is 1. The molecule has 0 aliphatic carbocycles. The topological polar surface area (TPSA) is 163 Å². The molecule has 16 heteroatoms. The fourth-order valence-corrected chi connectivity index (χ4v) is 7.28. The third-order valence-corrected chi connectivity index (χ3v) is 11.2. The molecule has 2 saturated heterocycles. The first kappa shape index (κ1) is 34.4. The van der Waals surface area contributed by atoms with Gasteiger partial charge in [0.2, 0.25) is 17.6 Å². The second-order valence-corrected chi connectivity index (χ2v) is 20.0. The number of carbonyl (C=O) groups excluding carboxylic acids is 2. The van der Waals surface area contributed by atoms with E-state index in [1.54, 1.807) is 23.1 Å². The van der Waals surface area contributed by atoms with E-state index in [-0.39, 0.29) is 17.7 Å². The molecule has 5 aromatic rings. The zero-order valence-corrected chi connectivity index (χ0v) is 30.3. The summed E-state index contributed by atoms with van der Waals surface area (Å²) in [6, 6.07) is 16.8. The third kappa shape index (κ3) is 8.29. The number of H-pyrrole nitrogens is 1. The van der Waals surface area contributed by atoms with Crippen LogP contribution in [0.5, 0.6) is 0 Å². The van der Waals surface area contributed by atoms with Crippen LogP contribution in [0.15, 0.2) is 60.9 Å². The van der Waals surface area contributed by atoms with Crippen molar-refractivity contribution in [2.45, 2.75) is 38.8 Å². The minimum absolute atomic E-state index is 0.0639. The van der Waals surface area contributed by atoms with Crippen molar-refractivity contribution in [2.24, 2.45) is 5.92 Å². The maximum absolute atomic E-state index is 13.4. The van der Waals surface area contributed by atoms with Crippen molar-refractivity contribution in [3.05, 3.63) is 60.9 Å². The molecule has 2 amide bonds. The Morgan fingerprint density at radius 2 is 1.76 bits per heavy atom. The van der Waals surface area contributed by atoms with Crippen LogP contribution in [-0.4, -0.2) is 122 Å². The van der Waals surface area contributed by atoms with Crippen LogP contribution in [-0.2, 0) is 21.1 Å². The Morgan fingerprint density at radius 3 is 2.49 bits per heavy atom. The van der Waals surface area contributed by atoms with Gasteiger partial charge in [0.15, 0.2) is 5.82 Å². The molecule has 2 N–H and O–H groups in total. The van der Waals surface area contributed by atoms with Gasteiger partial charge in [-0.05, 0) is 72.8 Å². The van der Waals surface area contributed by atoms with Gasteiger partial charge in [0.1, 0.15) is 12.4 Å². The average molecular weight is 709 g/mol. The predicted molar refractivity (Wildman–Crippen MR) is 196 cm³/mol. The van der Waals surface area contributed by atoms with Crippen LogP contribution in [0, 0.1) is 5.92 Å². The van der Waals surface area contributed by atoms with Crippen molar-refractivity contribution in [3.63, 3.8) is 0 Å². The number of anilines is 2. The Morgan fingerprint density at radius 1 is 0.980 bits per heavy atom. The molecule has 5 heterocycles. The number of hydrogen-bond donors (Lipinski definition) is 2. The quantitative estimate of drug-likeness (QED) is 0.144. The zero-order chi connectivity index (χ0) is 35.4. The first-order valence-corrected chi connectivity index (χ1v) is 21.2. The van der Waals surface area contributed by atoms with E-state index in [0.717, 1.165) is 41.3 Å². The van der Waals surface area contributed by atoms with Gasteiger partial charge >= 0.3 is 0 Å². The summed E-state index contributed by atoms with van der Waals surface area (Å²) in [6.07, 6.45) is 4.18. The first-order chi connectivity index (χ1) is 24.7. The number of nitrogens with one attached hydrogen (secondary N) is 2. The lowest BCUT2D eigenvalue weighted by Crippen LogP contribution is -2.51. The van der Waals surface area contributed by atoms with Crippen LogP contribution in [0.1, 0.15) is 6.42 Å². The largest absolute Gasteiger partial charge is 0.368 e. The van der Waals surface area contributed by atoms with E-state index in [0.29, 0.717) is 75.5 Å². The summed E-state index contributed by atoms with van der Waals surface area (Å²) in [5.41, 5.74) is 4.17. The summed E-state index contributed by atoms with van der Waals surface area (Å²) in [5, 5.41) is 23.1. The van der Waals surface area contributed by atoms with Gasteiger partial charge in [-0.3, -0.25) is 14.5 Å². The molecule has 2 aliphatic rings. The van der Waals surface area contributed by atoms with Crippen LogP contribution in [0.4, 0.5) is 11.4 Å². The highest BCUT2D eigenvalue weighted by Gasteiger charge is 2.31. The molecule has 2 fully saturated rings. The summed E-state index contributed by atoms with van der Waals surface area (Å²) in [5.74, 6) is 0.902. The molecule has 1 atom stereocenters. The number of ether oxygens (including phenoxy) is 1. The van der Waals surface area contributed by atoms with E-state index in [9.17, 15) is 9.59 Å². The Balaban J connectivity index is 0.909.